The molecule has 0 atom stereocenters. The second-order valence-electron chi connectivity index (χ2n) is 7.32. The topological polar surface area (TPSA) is 88.6 Å². The molecule has 0 unspecified atom stereocenters. The molecule has 0 spiro atoms. The fraction of sp³-hybridized carbons (Fsp3) is 0.261. The van der Waals surface area contributed by atoms with Gasteiger partial charge in [-0.05, 0) is 65.9 Å². The number of ether oxygens (including phenoxy) is 2. The normalized spacial score (nSPS) is 10.8. The smallest absolute Gasteiger partial charge is 0.289 e. The molecular formula is C23H26Cl2N4O3. The predicted octanol–water partition coefficient (Wildman–Crippen LogP) is 5.27. The molecule has 0 radical (unpaired) electrons. The van der Waals surface area contributed by atoms with Crippen LogP contribution in [0, 0.1) is 6.92 Å². The molecule has 0 saturated carbocycles. The van der Waals surface area contributed by atoms with Gasteiger partial charge < -0.3 is 9.47 Å². The molecule has 2 aromatic carbocycles. The van der Waals surface area contributed by atoms with E-state index in [9.17, 15) is 4.79 Å². The van der Waals surface area contributed by atoms with E-state index in [2.05, 4.69) is 34.6 Å². The summed E-state index contributed by atoms with van der Waals surface area (Å²) in [7, 11) is 1.61. The number of nitrogens with one attached hydrogen (secondary N) is 2. The van der Waals surface area contributed by atoms with E-state index in [1.165, 1.54) is 6.20 Å². The van der Waals surface area contributed by atoms with Gasteiger partial charge in [0.25, 0.3) is 5.91 Å². The van der Waals surface area contributed by atoms with Gasteiger partial charge in [-0.15, -0.1) is 12.4 Å². The third-order valence-corrected chi connectivity index (χ3v) is 5.13. The highest BCUT2D eigenvalue weighted by molar-refractivity contribution is 6.31. The van der Waals surface area contributed by atoms with Gasteiger partial charge in [0.2, 0.25) is 0 Å². The van der Waals surface area contributed by atoms with E-state index in [1.807, 2.05) is 37.3 Å². The van der Waals surface area contributed by atoms with Gasteiger partial charge in [-0.25, -0.2) is 5.43 Å². The average molecular weight is 477 g/mol. The van der Waals surface area contributed by atoms with Crippen LogP contribution in [0.1, 0.15) is 52.5 Å². The Bertz CT molecular complexity index is 1080. The van der Waals surface area contributed by atoms with Gasteiger partial charge in [-0.3, -0.25) is 9.89 Å². The van der Waals surface area contributed by atoms with E-state index in [0.29, 0.717) is 18.1 Å². The van der Waals surface area contributed by atoms with Crippen LogP contribution in [-0.2, 0) is 6.61 Å². The Kier molecular flexibility index (Phi) is 9.11. The van der Waals surface area contributed by atoms with Crippen LogP contribution in [0.4, 0.5) is 0 Å². The lowest BCUT2D eigenvalue weighted by molar-refractivity contribution is 0.0950. The third kappa shape index (κ3) is 6.24. The molecule has 2 N–H and O–H groups in total. The number of aromatic amines is 1. The minimum atomic E-state index is -0.370. The first kappa shape index (κ1) is 25.2. The summed E-state index contributed by atoms with van der Waals surface area (Å²) in [5.41, 5.74) is 6.45. The van der Waals surface area contributed by atoms with Crippen molar-refractivity contribution >= 4 is 36.1 Å². The number of methoxy groups -OCH3 is 1. The number of hydrogen-bond acceptors (Lipinski definition) is 5. The molecule has 7 nitrogen and oxygen atoms in total. The molecule has 3 rings (SSSR count). The number of benzene rings is 2. The number of hydrazone groups is 1. The van der Waals surface area contributed by atoms with Gasteiger partial charge in [0, 0.05) is 16.8 Å². The number of carbonyl (C=O) groups is 1. The Morgan fingerprint density at radius 1 is 1.25 bits per heavy atom. The maximum Gasteiger partial charge on any atom is 0.289 e. The summed E-state index contributed by atoms with van der Waals surface area (Å²) in [6, 6.07) is 11.1. The number of amides is 1. The highest BCUT2D eigenvalue weighted by Crippen LogP contribution is 2.33. The molecule has 0 aliphatic rings. The Balaban J connectivity index is 0.00000363. The maximum absolute atomic E-state index is 11.9. The van der Waals surface area contributed by atoms with Crippen molar-refractivity contribution in [3.8, 4) is 11.5 Å². The van der Waals surface area contributed by atoms with Gasteiger partial charge in [-0.2, -0.15) is 10.2 Å². The largest absolute Gasteiger partial charge is 0.496 e. The Morgan fingerprint density at radius 3 is 2.69 bits per heavy atom. The van der Waals surface area contributed by atoms with Gasteiger partial charge in [-0.1, -0.05) is 25.4 Å². The Hall–Kier alpha value is -3.03. The van der Waals surface area contributed by atoms with E-state index in [1.54, 1.807) is 19.4 Å². The van der Waals surface area contributed by atoms with Crippen LogP contribution in [-0.4, -0.2) is 29.4 Å². The number of aromatic nitrogens is 2. The molecule has 1 aromatic heterocycles. The van der Waals surface area contributed by atoms with Crippen molar-refractivity contribution in [1.29, 1.82) is 0 Å². The maximum atomic E-state index is 11.9. The second-order valence-corrected chi connectivity index (χ2v) is 7.73. The van der Waals surface area contributed by atoms with Gasteiger partial charge >= 0.3 is 0 Å². The number of halogens is 2. The molecule has 9 heteroatoms. The fourth-order valence-electron chi connectivity index (χ4n) is 3.00. The first-order chi connectivity index (χ1) is 14.9. The minimum Gasteiger partial charge on any atom is -0.496 e. The van der Waals surface area contributed by atoms with Crippen molar-refractivity contribution in [3.05, 3.63) is 75.6 Å². The monoisotopic (exact) mass is 476 g/mol. The summed E-state index contributed by atoms with van der Waals surface area (Å²) < 4.78 is 11.6. The second kappa shape index (κ2) is 11.5. The first-order valence-electron chi connectivity index (χ1n) is 9.81. The van der Waals surface area contributed by atoms with Crippen molar-refractivity contribution in [1.82, 2.24) is 15.6 Å². The van der Waals surface area contributed by atoms with Crippen molar-refractivity contribution < 1.29 is 14.3 Å². The van der Waals surface area contributed by atoms with Gasteiger partial charge in [0.15, 0.2) is 0 Å². The highest BCUT2D eigenvalue weighted by Gasteiger charge is 2.13. The van der Waals surface area contributed by atoms with Crippen molar-refractivity contribution in [2.24, 2.45) is 5.10 Å². The lowest BCUT2D eigenvalue weighted by Gasteiger charge is -2.17. The molecule has 1 heterocycles. The average Bonchev–Trinajstić information content (AvgIpc) is 3.29. The number of nitrogens with zero attached hydrogens (tertiary/aromatic N) is 2. The number of carbonyl (C=O) groups excluding carboxylic acids is 1. The van der Waals surface area contributed by atoms with Crippen molar-refractivity contribution in [3.63, 3.8) is 0 Å². The zero-order valence-corrected chi connectivity index (χ0v) is 19.9. The van der Waals surface area contributed by atoms with Crippen LogP contribution < -0.4 is 14.9 Å². The molecule has 170 valence electrons. The summed E-state index contributed by atoms with van der Waals surface area (Å²) in [6.07, 6.45) is 3.06. The molecule has 1 amide bonds. The molecule has 32 heavy (non-hydrogen) atoms. The molecule has 0 aliphatic carbocycles. The van der Waals surface area contributed by atoms with Crippen LogP contribution in [0.3, 0.4) is 0 Å². The van der Waals surface area contributed by atoms with Crippen LogP contribution in [0.15, 0.2) is 47.7 Å². The van der Waals surface area contributed by atoms with Crippen LogP contribution in [0.25, 0.3) is 0 Å². The van der Waals surface area contributed by atoms with Crippen LogP contribution in [0.5, 0.6) is 11.5 Å². The summed E-state index contributed by atoms with van der Waals surface area (Å²) in [4.78, 5) is 11.9. The molecule has 0 fully saturated rings. The van der Waals surface area contributed by atoms with E-state index in [-0.39, 0.29) is 24.2 Å². The van der Waals surface area contributed by atoms with E-state index in [4.69, 9.17) is 21.1 Å². The lowest BCUT2D eigenvalue weighted by Crippen LogP contribution is -2.18. The minimum absolute atomic E-state index is 0. The van der Waals surface area contributed by atoms with Crippen molar-refractivity contribution in [2.45, 2.75) is 33.3 Å². The number of hydrogen-bond donors (Lipinski definition) is 2. The van der Waals surface area contributed by atoms with Gasteiger partial charge in [0.1, 0.15) is 23.8 Å². The standard InChI is InChI=1S/C23H25ClN4O3.ClH/c1-14(2)18-11-19(24)15(3)9-22(18)31-13-17-10-16(5-6-21(17)30-4)12-26-28-23(29)20-7-8-25-27-20;/h5-12,14H,13H2,1-4H3,(H,25,27)(H,28,29);1H. The van der Waals surface area contributed by atoms with E-state index >= 15 is 0 Å². The van der Waals surface area contributed by atoms with Gasteiger partial charge in [0.05, 0.1) is 13.3 Å². The Labute approximate surface area is 198 Å². The van der Waals surface area contributed by atoms with Crippen molar-refractivity contribution in [2.75, 3.05) is 7.11 Å². The zero-order chi connectivity index (χ0) is 22.4. The molecular weight excluding hydrogens is 451 g/mol. The summed E-state index contributed by atoms with van der Waals surface area (Å²) in [5.74, 6) is 1.40. The highest BCUT2D eigenvalue weighted by atomic mass is 35.5. The molecule has 0 aliphatic heterocycles. The van der Waals surface area contributed by atoms with E-state index < -0.39 is 0 Å². The lowest BCUT2D eigenvalue weighted by atomic mass is 10.0. The number of rotatable bonds is 8. The first-order valence-corrected chi connectivity index (χ1v) is 10.2. The summed E-state index contributed by atoms with van der Waals surface area (Å²) >= 11 is 6.29. The zero-order valence-electron chi connectivity index (χ0n) is 18.3. The quantitative estimate of drug-likeness (QED) is 0.342. The molecule has 0 bridgehead atoms. The number of H-pyrrole nitrogens is 1. The van der Waals surface area contributed by atoms with Crippen LogP contribution >= 0.6 is 24.0 Å². The third-order valence-electron chi connectivity index (χ3n) is 4.73. The SMILES string of the molecule is COc1ccc(C=NNC(=O)c2ccn[nH]2)cc1COc1cc(C)c(Cl)cc1C(C)C.Cl. The predicted molar refractivity (Wildman–Crippen MR) is 128 cm³/mol. The summed E-state index contributed by atoms with van der Waals surface area (Å²) in [6.45, 7) is 6.47. The van der Waals surface area contributed by atoms with Crippen LogP contribution in [0.2, 0.25) is 5.02 Å². The fourth-order valence-corrected chi connectivity index (χ4v) is 3.17. The van der Waals surface area contributed by atoms with E-state index in [0.717, 1.165) is 33.0 Å². The summed E-state index contributed by atoms with van der Waals surface area (Å²) in [5, 5.41) is 11.1. The number of aryl methyl sites for hydroxylation is 1. The Morgan fingerprint density at radius 2 is 2.03 bits per heavy atom. The molecule has 0 saturated heterocycles. The molecule has 3 aromatic rings.